The number of carbonyl (C=O) groups is 1. The zero-order chi connectivity index (χ0) is 15.7. The van der Waals surface area contributed by atoms with Gasteiger partial charge in [0, 0.05) is 26.5 Å². The summed E-state index contributed by atoms with van der Waals surface area (Å²) in [5.74, 6) is -1.16. The maximum atomic E-state index is 11.9. The molecule has 9 heteroatoms. The van der Waals surface area contributed by atoms with Crippen LogP contribution in [0.25, 0.3) is 0 Å². The Kier molecular flexibility index (Phi) is 7.23. The van der Waals surface area contributed by atoms with E-state index in [2.05, 4.69) is 9.71 Å². The molecule has 0 amide bonds. The number of hydrogen-bond acceptors (Lipinski definition) is 6. The Hall–Kier alpha value is -1.55. The lowest BCUT2D eigenvalue weighted by Crippen LogP contribution is -2.26. The first-order valence-electron chi connectivity index (χ1n) is 6.23. The third-order valence-corrected chi connectivity index (χ3v) is 3.82. The molecule has 21 heavy (non-hydrogen) atoms. The third kappa shape index (κ3) is 6.17. The zero-order valence-corrected chi connectivity index (χ0v) is 12.4. The SMILES string of the molecule is COCCOCCCNS(=O)(=O)c1ccc(C(=O)O)cn1. The molecule has 0 aliphatic carbocycles. The second-order valence-corrected chi connectivity index (χ2v) is 5.76. The van der Waals surface area contributed by atoms with Crippen LogP contribution in [0.5, 0.6) is 0 Å². The second-order valence-electron chi connectivity index (χ2n) is 4.05. The molecule has 0 aliphatic heterocycles. The highest BCUT2D eigenvalue weighted by Crippen LogP contribution is 2.06. The summed E-state index contributed by atoms with van der Waals surface area (Å²) >= 11 is 0. The molecule has 8 nitrogen and oxygen atoms in total. The van der Waals surface area contributed by atoms with Crippen LogP contribution in [-0.2, 0) is 19.5 Å². The number of nitrogens with zero attached hydrogens (tertiary/aromatic N) is 1. The molecule has 1 aromatic heterocycles. The number of aromatic nitrogens is 1. The first kappa shape index (κ1) is 17.5. The van der Waals surface area contributed by atoms with E-state index < -0.39 is 16.0 Å². The van der Waals surface area contributed by atoms with Gasteiger partial charge in [-0.05, 0) is 18.6 Å². The fraction of sp³-hybridized carbons (Fsp3) is 0.500. The van der Waals surface area contributed by atoms with Gasteiger partial charge in [0.15, 0.2) is 5.03 Å². The standard InChI is InChI=1S/C12H18N2O6S/c1-19-7-8-20-6-2-5-14-21(17,18)11-4-3-10(9-13-11)12(15)16/h3-4,9,14H,2,5-8H2,1H3,(H,15,16). The molecule has 0 saturated heterocycles. The molecule has 1 aromatic rings. The summed E-state index contributed by atoms with van der Waals surface area (Å²) in [6.07, 6.45) is 1.51. The minimum atomic E-state index is -3.73. The van der Waals surface area contributed by atoms with Crippen LogP contribution < -0.4 is 4.72 Å². The minimum Gasteiger partial charge on any atom is -0.478 e. The number of hydrogen-bond donors (Lipinski definition) is 2. The first-order chi connectivity index (χ1) is 9.97. The van der Waals surface area contributed by atoms with Crippen molar-refractivity contribution >= 4 is 16.0 Å². The molecule has 0 saturated carbocycles. The Labute approximate surface area is 123 Å². The Morgan fingerprint density at radius 2 is 2.10 bits per heavy atom. The van der Waals surface area contributed by atoms with Crippen LogP contribution in [0.4, 0.5) is 0 Å². The van der Waals surface area contributed by atoms with Gasteiger partial charge >= 0.3 is 5.97 Å². The van der Waals surface area contributed by atoms with Crippen molar-refractivity contribution in [3.8, 4) is 0 Å². The number of pyridine rings is 1. The third-order valence-electron chi connectivity index (χ3n) is 2.45. The highest BCUT2D eigenvalue weighted by atomic mass is 32.2. The Bertz CT molecular complexity index is 543. The summed E-state index contributed by atoms with van der Waals surface area (Å²) in [6.45, 7) is 1.57. The van der Waals surface area contributed by atoms with Crippen molar-refractivity contribution in [2.24, 2.45) is 0 Å². The van der Waals surface area contributed by atoms with Gasteiger partial charge in [0.2, 0.25) is 0 Å². The van der Waals surface area contributed by atoms with Gasteiger partial charge < -0.3 is 14.6 Å². The van der Waals surface area contributed by atoms with Crippen molar-refractivity contribution in [2.75, 3.05) is 33.5 Å². The Balaban J connectivity index is 2.41. The minimum absolute atomic E-state index is 0.0690. The maximum Gasteiger partial charge on any atom is 0.337 e. The van der Waals surface area contributed by atoms with Crippen LogP contribution >= 0.6 is 0 Å². The van der Waals surface area contributed by atoms with Crippen LogP contribution in [0.2, 0.25) is 0 Å². The molecule has 0 fully saturated rings. The normalized spacial score (nSPS) is 11.5. The molecule has 0 aromatic carbocycles. The summed E-state index contributed by atoms with van der Waals surface area (Å²) in [5, 5.41) is 8.50. The lowest BCUT2D eigenvalue weighted by atomic mass is 10.3. The molecule has 0 aliphatic rings. The van der Waals surface area contributed by atoms with Gasteiger partial charge in [-0.2, -0.15) is 0 Å². The van der Waals surface area contributed by atoms with E-state index in [0.29, 0.717) is 26.2 Å². The van der Waals surface area contributed by atoms with Crippen molar-refractivity contribution < 1.29 is 27.8 Å². The van der Waals surface area contributed by atoms with Crippen molar-refractivity contribution in [3.63, 3.8) is 0 Å². The number of methoxy groups -OCH3 is 1. The van der Waals surface area contributed by atoms with E-state index in [1.54, 1.807) is 7.11 Å². The molecule has 0 radical (unpaired) electrons. The van der Waals surface area contributed by atoms with Gasteiger partial charge in [-0.15, -0.1) is 0 Å². The summed E-state index contributed by atoms with van der Waals surface area (Å²) in [6, 6.07) is 2.35. The van der Waals surface area contributed by atoms with Crippen LogP contribution in [-0.4, -0.2) is 58.0 Å². The maximum absolute atomic E-state index is 11.9. The molecular weight excluding hydrogens is 300 g/mol. The van der Waals surface area contributed by atoms with E-state index >= 15 is 0 Å². The number of carboxylic acid groups (broad SMARTS) is 1. The molecule has 1 rings (SSSR count). The number of nitrogens with one attached hydrogen (secondary N) is 1. The van der Waals surface area contributed by atoms with Crippen LogP contribution in [0.3, 0.4) is 0 Å². The first-order valence-corrected chi connectivity index (χ1v) is 7.71. The number of sulfonamides is 1. The molecule has 118 valence electrons. The van der Waals surface area contributed by atoms with Crippen LogP contribution in [0.1, 0.15) is 16.8 Å². The number of aromatic carboxylic acids is 1. The van der Waals surface area contributed by atoms with E-state index in [9.17, 15) is 13.2 Å². The Morgan fingerprint density at radius 3 is 2.67 bits per heavy atom. The van der Waals surface area contributed by atoms with E-state index in [-0.39, 0.29) is 17.1 Å². The highest BCUT2D eigenvalue weighted by Gasteiger charge is 2.15. The summed E-state index contributed by atoms with van der Waals surface area (Å²) in [7, 11) is -2.16. The molecule has 0 bridgehead atoms. The summed E-state index contributed by atoms with van der Waals surface area (Å²) < 4.78 is 36.1. The fourth-order valence-corrected chi connectivity index (χ4v) is 2.36. The predicted octanol–water partition coefficient (Wildman–Crippen LogP) is 0.111. The smallest absolute Gasteiger partial charge is 0.337 e. The average molecular weight is 318 g/mol. The number of rotatable bonds is 10. The molecule has 1 heterocycles. The average Bonchev–Trinajstić information content (AvgIpc) is 2.46. The van der Waals surface area contributed by atoms with Crippen molar-refractivity contribution in [1.29, 1.82) is 0 Å². The molecular formula is C12H18N2O6S. The van der Waals surface area contributed by atoms with Gasteiger partial charge in [-0.25, -0.2) is 22.9 Å². The van der Waals surface area contributed by atoms with E-state index in [0.717, 1.165) is 12.3 Å². The van der Waals surface area contributed by atoms with Gasteiger partial charge in [0.25, 0.3) is 10.0 Å². The van der Waals surface area contributed by atoms with E-state index in [1.165, 1.54) is 6.07 Å². The summed E-state index contributed by atoms with van der Waals surface area (Å²) in [4.78, 5) is 14.3. The van der Waals surface area contributed by atoms with E-state index in [1.807, 2.05) is 0 Å². The fourth-order valence-electron chi connectivity index (χ4n) is 1.36. The summed E-state index contributed by atoms with van der Waals surface area (Å²) in [5.41, 5.74) is -0.0690. The quantitative estimate of drug-likeness (QED) is 0.588. The van der Waals surface area contributed by atoms with Crippen LogP contribution in [0.15, 0.2) is 23.4 Å². The lowest BCUT2D eigenvalue weighted by molar-refractivity contribution is 0.0695. The highest BCUT2D eigenvalue weighted by molar-refractivity contribution is 7.89. The van der Waals surface area contributed by atoms with Gasteiger partial charge in [0.1, 0.15) is 0 Å². The number of ether oxygens (including phenoxy) is 2. The second kappa shape index (κ2) is 8.67. The van der Waals surface area contributed by atoms with Crippen molar-refractivity contribution in [1.82, 2.24) is 9.71 Å². The molecule has 0 unspecified atom stereocenters. The molecule has 0 spiro atoms. The zero-order valence-electron chi connectivity index (χ0n) is 11.6. The van der Waals surface area contributed by atoms with Crippen molar-refractivity contribution in [3.05, 3.63) is 23.9 Å². The van der Waals surface area contributed by atoms with Crippen molar-refractivity contribution in [2.45, 2.75) is 11.4 Å². The van der Waals surface area contributed by atoms with Gasteiger partial charge in [0.05, 0.1) is 18.8 Å². The van der Waals surface area contributed by atoms with Gasteiger partial charge in [-0.1, -0.05) is 0 Å². The number of carboxylic acids is 1. The lowest BCUT2D eigenvalue weighted by Gasteiger charge is -2.07. The molecule has 0 atom stereocenters. The molecule has 2 N–H and O–H groups in total. The monoisotopic (exact) mass is 318 g/mol. The van der Waals surface area contributed by atoms with E-state index in [4.69, 9.17) is 14.6 Å². The Morgan fingerprint density at radius 1 is 1.33 bits per heavy atom. The van der Waals surface area contributed by atoms with Gasteiger partial charge in [-0.3, -0.25) is 0 Å². The topological polar surface area (TPSA) is 115 Å². The largest absolute Gasteiger partial charge is 0.478 e. The van der Waals surface area contributed by atoms with Crippen LogP contribution in [0, 0.1) is 0 Å². The predicted molar refractivity (Wildman–Crippen MR) is 73.7 cm³/mol.